The molecule has 1 aromatic carbocycles. The number of fused-ring (bicyclic) bond motifs is 1. The van der Waals surface area contributed by atoms with E-state index in [4.69, 9.17) is 10.2 Å². The lowest BCUT2D eigenvalue weighted by Crippen LogP contribution is -1.98. The lowest BCUT2D eigenvalue weighted by molar-refractivity contribution is 0.557. The molecule has 1 aromatic heterocycles. The monoisotopic (exact) mass is 225 g/mol. The number of nitrogen functional groups attached to an aromatic ring is 1. The summed E-state index contributed by atoms with van der Waals surface area (Å²) in [7, 11) is -3.06. The normalized spacial score (nSPS) is 12.1. The molecular weight excluding hydrogens is 214 g/mol. The number of sulfone groups is 1. The zero-order valence-electron chi connectivity index (χ0n) is 8.23. The maximum Gasteiger partial charge on any atom is 0.154 e. The summed E-state index contributed by atoms with van der Waals surface area (Å²) in [5.41, 5.74) is 6.89. The van der Waals surface area contributed by atoms with Crippen LogP contribution in [0.25, 0.3) is 11.0 Å². The van der Waals surface area contributed by atoms with Crippen molar-refractivity contribution in [3.8, 4) is 0 Å². The number of rotatable bonds is 2. The van der Waals surface area contributed by atoms with Gasteiger partial charge in [-0.25, -0.2) is 8.42 Å². The Kier molecular flexibility index (Phi) is 2.19. The quantitative estimate of drug-likeness (QED) is 0.787. The number of anilines is 1. The zero-order valence-corrected chi connectivity index (χ0v) is 9.04. The van der Waals surface area contributed by atoms with Crippen molar-refractivity contribution >= 4 is 26.5 Å². The van der Waals surface area contributed by atoms with Crippen LogP contribution in [-0.2, 0) is 15.6 Å². The third-order valence-corrected chi connectivity index (χ3v) is 2.80. The van der Waals surface area contributed by atoms with Gasteiger partial charge >= 0.3 is 0 Å². The second-order valence-electron chi connectivity index (χ2n) is 3.58. The Morgan fingerprint density at radius 2 is 2.07 bits per heavy atom. The van der Waals surface area contributed by atoms with Crippen LogP contribution in [0.1, 0.15) is 5.76 Å². The summed E-state index contributed by atoms with van der Waals surface area (Å²) in [6.45, 7) is 0. The predicted molar refractivity (Wildman–Crippen MR) is 59.2 cm³/mol. The zero-order chi connectivity index (χ0) is 11.1. The van der Waals surface area contributed by atoms with Gasteiger partial charge in [-0.2, -0.15) is 0 Å². The van der Waals surface area contributed by atoms with Gasteiger partial charge in [0, 0.05) is 17.3 Å². The van der Waals surface area contributed by atoms with Crippen LogP contribution < -0.4 is 5.73 Å². The molecule has 0 atom stereocenters. The van der Waals surface area contributed by atoms with E-state index in [1.54, 1.807) is 24.3 Å². The van der Waals surface area contributed by atoms with Crippen molar-refractivity contribution in [2.24, 2.45) is 0 Å². The van der Waals surface area contributed by atoms with Gasteiger partial charge in [-0.15, -0.1) is 0 Å². The van der Waals surface area contributed by atoms with Gasteiger partial charge in [0.05, 0.1) is 0 Å². The van der Waals surface area contributed by atoms with Gasteiger partial charge in [-0.1, -0.05) is 0 Å². The van der Waals surface area contributed by atoms with Crippen LogP contribution in [0.3, 0.4) is 0 Å². The molecule has 0 aliphatic heterocycles. The Hall–Kier alpha value is -1.49. The second kappa shape index (κ2) is 3.27. The van der Waals surface area contributed by atoms with Crippen LogP contribution in [0.15, 0.2) is 28.7 Å². The number of hydrogen-bond donors (Lipinski definition) is 1. The number of benzene rings is 1. The fraction of sp³-hybridized carbons (Fsp3) is 0.200. The lowest BCUT2D eigenvalue weighted by atomic mass is 10.2. The van der Waals surface area contributed by atoms with Crippen molar-refractivity contribution < 1.29 is 12.8 Å². The van der Waals surface area contributed by atoms with E-state index in [2.05, 4.69) is 0 Å². The van der Waals surface area contributed by atoms with Crippen molar-refractivity contribution in [1.29, 1.82) is 0 Å². The minimum Gasteiger partial charge on any atom is -0.460 e. The molecule has 2 aromatic rings. The predicted octanol–water partition coefficient (Wildman–Crippen LogP) is 1.56. The van der Waals surface area contributed by atoms with Crippen molar-refractivity contribution in [2.45, 2.75) is 5.75 Å². The molecule has 0 saturated carbocycles. The molecule has 1 heterocycles. The van der Waals surface area contributed by atoms with E-state index in [9.17, 15) is 8.42 Å². The fourth-order valence-electron chi connectivity index (χ4n) is 1.45. The Bertz CT molecular complexity index is 598. The molecule has 0 saturated heterocycles. The summed E-state index contributed by atoms with van der Waals surface area (Å²) in [6, 6.07) is 6.91. The van der Waals surface area contributed by atoms with Crippen molar-refractivity contribution in [2.75, 3.05) is 12.0 Å². The minimum absolute atomic E-state index is 0.0818. The highest BCUT2D eigenvalue weighted by atomic mass is 32.2. The third kappa shape index (κ3) is 2.30. The fourth-order valence-corrected chi connectivity index (χ4v) is 2.11. The summed E-state index contributed by atoms with van der Waals surface area (Å²) >= 11 is 0. The highest BCUT2D eigenvalue weighted by molar-refractivity contribution is 7.89. The first-order chi connectivity index (χ1) is 6.94. The van der Waals surface area contributed by atoms with E-state index in [1.807, 2.05) is 0 Å². The first kappa shape index (κ1) is 10.0. The molecule has 15 heavy (non-hydrogen) atoms. The van der Waals surface area contributed by atoms with E-state index in [0.717, 1.165) is 5.39 Å². The van der Waals surface area contributed by atoms with Crippen LogP contribution in [0.2, 0.25) is 0 Å². The van der Waals surface area contributed by atoms with Crippen LogP contribution >= 0.6 is 0 Å². The molecule has 0 unspecified atom stereocenters. The molecule has 5 heteroatoms. The van der Waals surface area contributed by atoms with Crippen LogP contribution in [0.4, 0.5) is 5.69 Å². The van der Waals surface area contributed by atoms with Gasteiger partial charge < -0.3 is 10.2 Å². The molecular formula is C10H11NO3S. The molecule has 0 fully saturated rings. The third-order valence-electron chi connectivity index (χ3n) is 2.00. The first-order valence-corrected chi connectivity index (χ1v) is 6.46. The van der Waals surface area contributed by atoms with Crippen molar-refractivity contribution in [3.63, 3.8) is 0 Å². The van der Waals surface area contributed by atoms with Crippen molar-refractivity contribution in [3.05, 3.63) is 30.0 Å². The molecule has 4 nitrogen and oxygen atoms in total. The highest BCUT2D eigenvalue weighted by Gasteiger charge is 2.09. The molecule has 80 valence electrons. The molecule has 0 aliphatic rings. The van der Waals surface area contributed by atoms with Gasteiger partial charge in [0.1, 0.15) is 17.1 Å². The molecule has 0 aliphatic carbocycles. The molecule has 2 rings (SSSR count). The maximum absolute atomic E-state index is 11.1. The Labute approximate surface area is 87.6 Å². The summed E-state index contributed by atoms with van der Waals surface area (Å²) in [4.78, 5) is 0. The van der Waals surface area contributed by atoms with Crippen LogP contribution in [0.5, 0.6) is 0 Å². The number of hydrogen-bond acceptors (Lipinski definition) is 4. The molecule has 0 bridgehead atoms. The summed E-state index contributed by atoms with van der Waals surface area (Å²) in [5, 5.41) is 0.827. The van der Waals surface area contributed by atoms with Gasteiger partial charge in [-0.3, -0.25) is 0 Å². The molecule has 0 radical (unpaired) electrons. The van der Waals surface area contributed by atoms with Gasteiger partial charge in [0.2, 0.25) is 0 Å². The molecule has 0 spiro atoms. The maximum atomic E-state index is 11.1. The van der Waals surface area contributed by atoms with E-state index < -0.39 is 9.84 Å². The van der Waals surface area contributed by atoms with Crippen molar-refractivity contribution in [1.82, 2.24) is 0 Å². The Morgan fingerprint density at radius 1 is 1.33 bits per heavy atom. The SMILES string of the molecule is CS(=O)(=O)Cc1cc2cc(N)ccc2o1. The van der Waals surface area contributed by atoms with Gasteiger partial charge in [-0.05, 0) is 24.3 Å². The molecule has 0 amide bonds. The summed E-state index contributed by atoms with van der Waals surface area (Å²) < 4.78 is 27.5. The smallest absolute Gasteiger partial charge is 0.154 e. The van der Waals surface area contributed by atoms with E-state index in [1.165, 1.54) is 6.26 Å². The highest BCUT2D eigenvalue weighted by Crippen LogP contribution is 2.22. The number of nitrogens with two attached hydrogens (primary N) is 1. The summed E-state index contributed by atoms with van der Waals surface area (Å²) in [6.07, 6.45) is 1.18. The average Bonchev–Trinajstić information content (AvgIpc) is 2.42. The van der Waals surface area contributed by atoms with Gasteiger partial charge in [0.25, 0.3) is 0 Å². The number of furan rings is 1. The Balaban J connectivity index is 2.48. The van der Waals surface area contributed by atoms with E-state index in [-0.39, 0.29) is 5.75 Å². The van der Waals surface area contributed by atoms with Crippen LogP contribution in [0, 0.1) is 0 Å². The topological polar surface area (TPSA) is 73.3 Å². The van der Waals surface area contributed by atoms with E-state index >= 15 is 0 Å². The summed E-state index contributed by atoms with van der Waals surface area (Å²) in [5.74, 6) is 0.361. The van der Waals surface area contributed by atoms with E-state index in [0.29, 0.717) is 17.0 Å². The standard InChI is InChI=1S/C10H11NO3S/c1-15(12,13)6-9-5-7-4-8(11)2-3-10(7)14-9/h2-5H,6,11H2,1H3. The molecule has 2 N–H and O–H groups in total. The lowest BCUT2D eigenvalue weighted by Gasteiger charge is -1.91. The van der Waals surface area contributed by atoms with Gasteiger partial charge in [0.15, 0.2) is 9.84 Å². The second-order valence-corrected chi connectivity index (χ2v) is 5.72. The van der Waals surface area contributed by atoms with Crippen LogP contribution in [-0.4, -0.2) is 14.7 Å². The first-order valence-electron chi connectivity index (χ1n) is 4.40. The minimum atomic E-state index is -3.06. The average molecular weight is 225 g/mol. The Morgan fingerprint density at radius 3 is 2.73 bits per heavy atom. The largest absolute Gasteiger partial charge is 0.460 e.